The number of fused-ring (bicyclic) bond motifs is 3. The number of carbonyl (C=O) groups excluding carboxylic acids is 3. The van der Waals surface area contributed by atoms with Crippen LogP contribution in [0.25, 0.3) is 0 Å². The molecule has 8 nitrogen and oxygen atoms in total. The van der Waals surface area contributed by atoms with Crippen molar-refractivity contribution in [1.82, 2.24) is 15.5 Å². The summed E-state index contributed by atoms with van der Waals surface area (Å²) in [6.07, 6.45) is 0.620. The highest BCUT2D eigenvalue weighted by Crippen LogP contribution is 2.42. The number of nitrogens with zero attached hydrogens (tertiary/aromatic N) is 1. The molecule has 3 N–H and O–H groups in total. The van der Waals surface area contributed by atoms with E-state index in [0.29, 0.717) is 25.1 Å². The Kier molecular flexibility index (Phi) is 2.91. The van der Waals surface area contributed by atoms with Gasteiger partial charge < -0.3 is 20.3 Å². The van der Waals surface area contributed by atoms with E-state index in [1.165, 1.54) is 0 Å². The van der Waals surface area contributed by atoms with Gasteiger partial charge in [0.25, 0.3) is 5.91 Å². The molecular formula is C17H18N4O4. The van der Waals surface area contributed by atoms with E-state index in [-0.39, 0.29) is 23.8 Å². The van der Waals surface area contributed by atoms with E-state index < -0.39 is 11.9 Å². The second-order valence-electron chi connectivity index (χ2n) is 7.16. The maximum atomic E-state index is 12.8. The van der Waals surface area contributed by atoms with Crippen molar-refractivity contribution in [2.45, 2.75) is 31.0 Å². The molecular weight excluding hydrogens is 324 g/mol. The van der Waals surface area contributed by atoms with Gasteiger partial charge in [-0.2, -0.15) is 0 Å². The number of amides is 3. The summed E-state index contributed by atoms with van der Waals surface area (Å²) in [5.41, 5.74) is 2.21. The summed E-state index contributed by atoms with van der Waals surface area (Å²) < 4.78 is 5.90. The molecule has 2 saturated heterocycles. The van der Waals surface area contributed by atoms with E-state index >= 15 is 0 Å². The van der Waals surface area contributed by atoms with Crippen molar-refractivity contribution in [1.29, 1.82) is 0 Å². The zero-order valence-electron chi connectivity index (χ0n) is 13.6. The lowest BCUT2D eigenvalue weighted by molar-refractivity contribution is -0.136. The average Bonchev–Trinajstić information content (AvgIpc) is 2.90. The van der Waals surface area contributed by atoms with Gasteiger partial charge in [-0.05, 0) is 18.6 Å². The highest BCUT2D eigenvalue weighted by atomic mass is 16.5. The molecule has 0 bridgehead atoms. The fourth-order valence-corrected chi connectivity index (χ4v) is 4.01. The minimum atomic E-state index is -0.600. The molecule has 25 heavy (non-hydrogen) atoms. The highest BCUT2D eigenvalue weighted by Gasteiger charge is 2.45. The maximum absolute atomic E-state index is 12.8. The molecule has 0 aliphatic carbocycles. The summed E-state index contributed by atoms with van der Waals surface area (Å²) in [6.45, 7) is 2.59. The number of benzene rings is 1. The average molecular weight is 342 g/mol. The summed E-state index contributed by atoms with van der Waals surface area (Å²) in [5.74, 6) is -0.0953. The molecule has 1 atom stereocenters. The molecule has 0 radical (unpaired) electrons. The minimum absolute atomic E-state index is 0.118. The Morgan fingerprint density at radius 2 is 2.04 bits per heavy atom. The third kappa shape index (κ3) is 2.07. The second kappa shape index (κ2) is 4.95. The summed E-state index contributed by atoms with van der Waals surface area (Å²) in [5, 5.41) is 9.12. The fourth-order valence-electron chi connectivity index (χ4n) is 4.01. The number of hydrogen-bond acceptors (Lipinski definition) is 6. The van der Waals surface area contributed by atoms with Gasteiger partial charge in [-0.25, -0.2) is 0 Å². The van der Waals surface area contributed by atoms with Crippen molar-refractivity contribution in [3.8, 4) is 5.75 Å². The van der Waals surface area contributed by atoms with Gasteiger partial charge in [-0.15, -0.1) is 0 Å². The minimum Gasteiger partial charge on any atom is -0.489 e. The van der Waals surface area contributed by atoms with Crippen LogP contribution in [-0.4, -0.2) is 53.9 Å². The largest absolute Gasteiger partial charge is 0.489 e. The Hall–Kier alpha value is -2.61. The Balaban J connectivity index is 1.48. The van der Waals surface area contributed by atoms with Crippen LogP contribution in [0.1, 0.15) is 28.8 Å². The van der Waals surface area contributed by atoms with Crippen LogP contribution >= 0.6 is 0 Å². The van der Waals surface area contributed by atoms with Crippen molar-refractivity contribution < 1.29 is 19.1 Å². The van der Waals surface area contributed by atoms with Crippen molar-refractivity contribution >= 4 is 23.4 Å². The van der Waals surface area contributed by atoms with Crippen LogP contribution in [0.15, 0.2) is 12.1 Å². The Morgan fingerprint density at radius 1 is 1.20 bits per heavy atom. The molecule has 2 fully saturated rings. The lowest BCUT2D eigenvalue weighted by atomic mass is 9.90. The molecule has 130 valence electrons. The first-order valence-corrected chi connectivity index (χ1v) is 8.49. The van der Waals surface area contributed by atoms with E-state index in [4.69, 9.17) is 4.74 Å². The predicted octanol–water partition coefficient (Wildman–Crippen LogP) is -0.406. The Labute approximate surface area is 143 Å². The second-order valence-corrected chi connectivity index (χ2v) is 7.16. The number of carbonyl (C=O) groups is 3. The smallest absolute Gasteiger partial charge is 0.255 e. The van der Waals surface area contributed by atoms with Crippen molar-refractivity contribution in [2.24, 2.45) is 0 Å². The highest BCUT2D eigenvalue weighted by molar-refractivity contribution is 6.06. The molecule has 4 aliphatic heterocycles. The molecule has 1 spiro atoms. The van der Waals surface area contributed by atoms with E-state index in [0.717, 1.165) is 30.1 Å². The normalized spacial score (nSPS) is 26.3. The summed E-state index contributed by atoms with van der Waals surface area (Å²) in [7, 11) is 0. The fraction of sp³-hybridized carbons (Fsp3) is 0.471. The van der Waals surface area contributed by atoms with Crippen LogP contribution in [0.4, 0.5) is 5.69 Å². The van der Waals surface area contributed by atoms with Gasteiger partial charge in [0.15, 0.2) is 0 Å². The Bertz CT molecular complexity index is 817. The molecule has 1 aromatic rings. The molecule has 3 amide bonds. The van der Waals surface area contributed by atoms with Crippen LogP contribution in [0.2, 0.25) is 0 Å². The number of nitrogens with one attached hydrogen (secondary N) is 3. The third-order valence-corrected chi connectivity index (χ3v) is 5.50. The molecule has 0 unspecified atom stereocenters. The quantitative estimate of drug-likeness (QED) is 0.600. The Morgan fingerprint density at radius 3 is 2.76 bits per heavy atom. The van der Waals surface area contributed by atoms with Gasteiger partial charge in [-0.1, -0.05) is 0 Å². The van der Waals surface area contributed by atoms with Gasteiger partial charge in [0, 0.05) is 37.2 Å². The van der Waals surface area contributed by atoms with E-state index in [1.807, 2.05) is 6.07 Å². The van der Waals surface area contributed by atoms with Gasteiger partial charge >= 0.3 is 0 Å². The first-order valence-electron chi connectivity index (χ1n) is 8.49. The number of imide groups is 1. The van der Waals surface area contributed by atoms with Crippen LogP contribution in [-0.2, 0) is 16.1 Å². The van der Waals surface area contributed by atoms with Crippen LogP contribution in [0.5, 0.6) is 5.75 Å². The van der Waals surface area contributed by atoms with Crippen molar-refractivity contribution in [3.05, 3.63) is 23.3 Å². The van der Waals surface area contributed by atoms with Crippen molar-refractivity contribution in [2.75, 3.05) is 25.0 Å². The van der Waals surface area contributed by atoms with Crippen LogP contribution in [0, 0.1) is 0 Å². The van der Waals surface area contributed by atoms with Gasteiger partial charge in [0.05, 0.1) is 11.2 Å². The monoisotopic (exact) mass is 342 g/mol. The maximum Gasteiger partial charge on any atom is 0.255 e. The third-order valence-electron chi connectivity index (χ3n) is 5.50. The van der Waals surface area contributed by atoms with Crippen LogP contribution < -0.4 is 20.7 Å². The lowest BCUT2D eigenvalue weighted by Gasteiger charge is -2.47. The molecule has 4 aliphatic rings. The number of anilines is 1. The first-order chi connectivity index (χ1) is 12.1. The number of ether oxygens (including phenoxy) is 1. The van der Waals surface area contributed by atoms with E-state index in [2.05, 4.69) is 16.0 Å². The predicted molar refractivity (Wildman–Crippen MR) is 87.2 cm³/mol. The summed E-state index contributed by atoms with van der Waals surface area (Å²) in [4.78, 5) is 37.9. The molecule has 0 saturated carbocycles. The van der Waals surface area contributed by atoms with Crippen molar-refractivity contribution in [3.63, 3.8) is 0 Å². The number of rotatable bonds is 1. The number of piperidine rings is 1. The topological polar surface area (TPSA) is 99.8 Å². The molecule has 1 aromatic carbocycles. The first kappa shape index (κ1) is 14.7. The van der Waals surface area contributed by atoms with Gasteiger partial charge in [0.2, 0.25) is 11.8 Å². The zero-order valence-corrected chi connectivity index (χ0v) is 13.6. The molecule has 0 aromatic heterocycles. The standard InChI is InChI=1S/C17H18N4O4/c22-13-4-2-11(15(23)19-13)21-5-10-9(16(21)24)1-3-12-14(10)20-17(8-25-12)6-18-7-17/h1,3,11,18,20H,2,4-8H2,(H,19,22,23)/t11-/m0/s1. The molecule has 4 heterocycles. The molecule has 5 rings (SSSR count). The zero-order chi connectivity index (χ0) is 17.2. The number of hydrogen-bond donors (Lipinski definition) is 3. The lowest BCUT2D eigenvalue weighted by Crippen LogP contribution is -2.68. The van der Waals surface area contributed by atoms with Crippen LogP contribution in [0.3, 0.4) is 0 Å². The van der Waals surface area contributed by atoms with Gasteiger partial charge in [-0.3, -0.25) is 19.7 Å². The van der Waals surface area contributed by atoms with E-state index in [9.17, 15) is 14.4 Å². The SMILES string of the molecule is O=C1CC[C@H](N2Cc3c(ccc4c3NC3(CNC3)CO4)C2=O)C(=O)N1. The van der Waals surface area contributed by atoms with Gasteiger partial charge in [0.1, 0.15) is 18.4 Å². The summed E-state index contributed by atoms with van der Waals surface area (Å²) in [6, 6.07) is 2.98. The summed E-state index contributed by atoms with van der Waals surface area (Å²) >= 11 is 0. The molecule has 8 heteroatoms. The van der Waals surface area contributed by atoms with E-state index in [1.54, 1.807) is 11.0 Å².